The molecular formula is C7H14N2O3. The summed E-state index contributed by atoms with van der Waals surface area (Å²) < 4.78 is 0. The van der Waals surface area contributed by atoms with Gasteiger partial charge in [-0.2, -0.15) is 0 Å². The van der Waals surface area contributed by atoms with Crippen LogP contribution in [-0.2, 0) is 9.59 Å². The van der Waals surface area contributed by atoms with Crippen LogP contribution in [0.2, 0.25) is 0 Å². The fourth-order valence-corrected chi connectivity index (χ4v) is 0.615. The Bertz CT molecular complexity index is 170. The predicted octanol–water partition coefficient (Wildman–Crippen LogP) is -0.815. The summed E-state index contributed by atoms with van der Waals surface area (Å²) in [6, 6.07) is -0.602. The van der Waals surface area contributed by atoms with E-state index in [1.807, 2.05) is 0 Å². The second kappa shape index (κ2) is 5.54. The molecule has 5 nitrogen and oxygen atoms in total. The van der Waals surface area contributed by atoms with Crippen LogP contribution in [0, 0.1) is 0 Å². The lowest BCUT2D eigenvalue weighted by Gasteiger charge is -2.07. The molecule has 0 fully saturated rings. The molecule has 0 heterocycles. The van der Waals surface area contributed by atoms with E-state index in [9.17, 15) is 9.59 Å². The maximum atomic E-state index is 10.7. The van der Waals surface area contributed by atoms with E-state index < -0.39 is 12.0 Å². The van der Waals surface area contributed by atoms with E-state index in [1.54, 1.807) is 7.05 Å². The zero-order chi connectivity index (χ0) is 9.56. The number of nitrogens with one attached hydrogen (secondary N) is 2. The number of hydrogen-bond acceptors (Lipinski definition) is 3. The number of carboxylic acid groups (broad SMARTS) is 1. The van der Waals surface area contributed by atoms with Crippen LogP contribution in [0.4, 0.5) is 0 Å². The van der Waals surface area contributed by atoms with E-state index in [2.05, 4.69) is 10.6 Å². The van der Waals surface area contributed by atoms with Gasteiger partial charge >= 0.3 is 5.97 Å². The molecule has 0 spiro atoms. The van der Waals surface area contributed by atoms with Crippen LogP contribution in [0.15, 0.2) is 0 Å². The lowest BCUT2D eigenvalue weighted by molar-refractivity contribution is -0.139. The van der Waals surface area contributed by atoms with Gasteiger partial charge in [0.05, 0.1) is 0 Å². The van der Waals surface area contributed by atoms with Crippen LogP contribution in [0.3, 0.4) is 0 Å². The summed E-state index contributed by atoms with van der Waals surface area (Å²) >= 11 is 0. The fraction of sp³-hybridized carbons (Fsp3) is 0.714. The molecule has 0 aliphatic rings. The Hall–Kier alpha value is -1.10. The molecule has 0 aromatic rings. The molecule has 12 heavy (non-hydrogen) atoms. The lowest BCUT2D eigenvalue weighted by atomic mass is 10.3. The van der Waals surface area contributed by atoms with E-state index in [1.165, 1.54) is 6.92 Å². The molecule has 1 amide bonds. The third-order valence-corrected chi connectivity index (χ3v) is 1.45. The number of amides is 1. The van der Waals surface area contributed by atoms with Gasteiger partial charge in [-0.1, -0.05) is 0 Å². The van der Waals surface area contributed by atoms with E-state index in [0.29, 0.717) is 13.0 Å². The highest BCUT2D eigenvalue weighted by molar-refractivity contribution is 5.76. The summed E-state index contributed by atoms with van der Waals surface area (Å²) in [6.45, 7) is 1.92. The Balaban J connectivity index is 3.43. The predicted molar refractivity (Wildman–Crippen MR) is 43.8 cm³/mol. The Morgan fingerprint density at radius 1 is 1.50 bits per heavy atom. The van der Waals surface area contributed by atoms with Crippen molar-refractivity contribution in [3.8, 4) is 0 Å². The van der Waals surface area contributed by atoms with E-state index in [4.69, 9.17) is 5.11 Å². The van der Waals surface area contributed by atoms with Crippen molar-refractivity contribution in [3.05, 3.63) is 0 Å². The Labute approximate surface area is 71.1 Å². The number of carboxylic acids is 1. The maximum absolute atomic E-state index is 10.7. The summed E-state index contributed by atoms with van der Waals surface area (Å²) in [5.74, 6) is -1.01. The molecule has 0 bridgehead atoms. The molecule has 0 radical (unpaired) electrons. The van der Waals surface area contributed by atoms with Gasteiger partial charge in [-0.15, -0.1) is 0 Å². The summed E-state index contributed by atoms with van der Waals surface area (Å²) in [4.78, 5) is 20.9. The van der Waals surface area contributed by atoms with Gasteiger partial charge in [0, 0.05) is 20.0 Å². The van der Waals surface area contributed by atoms with Crippen molar-refractivity contribution in [2.45, 2.75) is 19.4 Å². The number of carbonyl (C=O) groups excluding carboxylic acids is 1. The van der Waals surface area contributed by atoms with Gasteiger partial charge in [0.15, 0.2) is 0 Å². The molecule has 0 aromatic carbocycles. The van der Waals surface area contributed by atoms with Crippen LogP contribution in [-0.4, -0.2) is 36.6 Å². The standard InChI is InChI=1S/C7H14N2O3/c1-5(7(11)12)9-4-3-6(10)8-2/h5,9H,3-4H2,1-2H3,(H,8,10)(H,11,12). The first-order valence-corrected chi connectivity index (χ1v) is 3.74. The number of aliphatic carboxylic acids is 1. The molecule has 70 valence electrons. The monoisotopic (exact) mass is 174 g/mol. The molecule has 1 unspecified atom stereocenters. The molecule has 0 aliphatic carbocycles. The molecule has 3 N–H and O–H groups in total. The molecule has 0 saturated heterocycles. The van der Waals surface area contributed by atoms with Gasteiger partial charge in [-0.3, -0.25) is 9.59 Å². The van der Waals surface area contributed by atoms with Gasteiger partial charge in [-0.05, 0) is 6.92 Å². The first kappa shape index (κ1) is 10.9. The van der Waals surface area contributed by atoms with Gasteiger partial charge in [0.2, 0.25) is 5.91 Å². The number of hydrogen-bond donors (Lipinski definition) is 3. The molecule has 0 aliphatic heterocycles. The van der Waals surface area contributed by atoms with Crippen molar-refractivity contribution in [3.63, 3.8) is 0 Å². The third-order valence-electron chi connectivity index (χ3n) is 1.45. The molecule has 5 heteroatoms. The van der Waals surface area contributed by atoms with Crippen molar-refractivity contribution in [1.82, 2.24) is 10.6 Å². The molecule has 1 atom stereocenters. The minimum atomic E-state index is -0.910. The average molecular weight is 174 g/mol. The third kappa shape index (κ3) is 4.68. The number of rotatable bonds is 5. The van der Waals surface area contributed by atoms with Gasteiger partial charge in [0.25, 0.3) is 0 Å². The van der Waals surface area contributed by atoms with Crippen molar-refractivity contribution < 1.29 is 14.7 Å². The molecular weight excluding hydrogens is 160 g/mol. The topological polar surface area (TPSA) is 78.4 Å². The van der Waals surface area contributed by atoms with E-state index >= 15 is 0 Å². The first-order chi connectivity index (χ1) is 5.57. The normalized spacial score (nSPS) is 12.2. The minimum absolute atomic E-state index is 0.0971. The van der Waals surface area contributed by atoms with Crippen LogP contribution < -0.4 is 10.6 Å². The van der Waals surface area contributed by atoms with Crippen LogP contribution in [0.5, 0.6) is 0 Å². The highest BCUT2D eigenvalue weighted by Crippen LogP contribution is 1.82. The quantitative estimate of drug-likeness (QED) is 0.509. The van der Waals surface area contributed by atoms with Crippen molar-refractivity contribution in [2.75, 3.05) is 13.6 Å². The lowest BCUT2D eigenvalue weighted by Crippen LogP contribution is -2.36. The molecule has 0 rings (SSSR count). The Morgan fingerprint density at radius 3 is 2.50 bits per heavy atom. The summed E-state index contributed by atoms with van der Waals surface area (Å²) in [5.41, 5.74) is 0. The Morgan fingerprint density at radius 2 is 2.08 bits per heavy atom. The van der Waals surface area contributed by atoms with Crippen molar-refractivity contribution >= 4 is 11.9 Å². The molecule has 0 aromatic heterocycles. The van der Waals surface area contributed by atoms with E-state index in [0.717, 1.165) is 0 Å². The van der Waals surface area contributed by atoms with Crippen LogP contribution >= 0.6 is 0 Å². The highest BCUT2D eigenvalue weighted by atomic mass is 16.4. The highest BCUT2D eigenvalue weighted by Gasteiger charge is 2.09. The van der Waals surface area contributed by atoms with Crippen molar-refractivity contribution in [2.24, 2.45) is 0 Å². The summed E-state index contributed by atoms with van der Waals surface area (Å²) in [5, 5.41) is 13.6. The zero-order valence-corrected chi connectivity index (χ0v) is 7.26. The maximum Gasteiger partial charge on any atom is 0.320 e. The minimum Gasteiger partial charge on any atom is -0.480 e. The Kier molecular flexibility index (Phi) is 5.03. The van der Waals surface area contributed by atoms with Gasteiger partial charge in [0.1, 0.15) is 6.04 Å². The largest absolute Gasteiger partial charge is 0.480 e. The second-order valence-electron chi connectivity index (χ2n) is 2.44. The zero-order valence-electron chi connectivity index (χ0n) is 7.26. The SMILES string of the molecule is CNC(=O)CCNC(C)C(=O)O. The average Bonchev–Trinajstić information content (AvgIpc) is 2.03. The fourth-order valence-electron chi connectivity index (χ4n) is 0.615. The summed E-state index contributed by atoms with van der Waals surface area (Å²) in [7, 11) is 1.54. The van der Waals surface area contributed by atoms with Gasteiger partial charge < -0.3 is 15.7 Å². The van der Waals surface area contributed by atoms with Crippen molar-refractivity contribution in [1.29, 1.82) is 0 Å². The second-order valence-corrected chi connectivity index (χ2v) is 2.44. The van der Waals surface area contributed by atoms with E-state index in [-0.39, 0.29) is 5.91 Å². The summed E-state index contributed by atoms with van der Waals surface area (Å²) in [6.07, 6.45) is 0.300. The number of carbonyl (C=O) groups is 2. The van der Waals surface area contributed by atoms with Crippen LogP contribution in [0.25, 0.3) is 0 Å². The van der Waals surface area contributed by atoms with Crippen LogP contribution in [0.1, 0.15) is 13.3 Å². The first-order valence-electron chi connectivity index (χ1n) is 3.74. The smallest absolute Gasteiger partial charge is 0.320 e. The molecule has 0 saturated carbocycles. The van der Waals surface area contributed by atoms with Gasteiger partial charge in [-0.25, -0.2) is 0 Å².